The Hall–Kier alpha value is -5.20. The molecule has 1 atom stereocenters. The number of carbonyl (C=O) groups excluding carboxylic acids is 1. The third-order valence-corrected chi connectivity index (χ3v) is 9.26. The SMILES string of the molecule is CCN(CC)C(=O)C1=C(C)N=c2s/c(=C/c3cn(Cc4ccc(C#N)cc4)c4ccccc34)c(=O)n2[C@@H]1c1ccccc1OC. The van der Waals surface area contributed by atoms with E-state index in [-0.39, 0.29) is 11.5 Å². The molecule has 0 spiro atoms. The third-order valence-electron chi connectivity index (χ3n) is 8.28. The molecule has 8 nitrogen and oxygen atoms in total. The van der Waals surface area contributed by atoms with Crippen LogP contribution >= 0.6 is 11.3 Å². The van der Waals surface area contributed by atoms with Crippen LogP contribution in [-0.2, 0) is 11.3 Å². The molecule has 0 unspecified atom stereocenters. The first-order valence-electron chi connectivity index (χ1n) is 14.9. The standard InChI is InChI=1S/C36H33N5O3S/c1-5-39(6-2)35(43)32-23(3)38-36-41(33(32)28-12-8-10-14-30(28)44-4)34(42)31(45-36)19-26-22-40(29-13-9-7-11-27(26)29)21-25-17-15-24(20-37)16-18-25/h7-19,22,33H,5-6,21H2,1-4H3/b31-19+/t33-/m1/s1. The van der Waals surface area contributed by atoms with Gasteiger partial charge in [-0.15, -0.1) is 0 Å². The summed E-state index contributed by atoms with van der Waals surface area (Å²) in [5.74, 6) is 0.458. The second kappa shape index (κ2) is 12.4. The van der Waals surface area contributed by atoms with Crippen LogP contribution < -0.4 is 19.6 Å². The number of thiazole rings is 1. The predicted molar refractivity (Wildman–Crippen MR) is 177 cm³/mol. The van der Waals surface area contributed by atoms with Gasteiger partial charge in [0.1, 0.15) is 11.8 Å². The van der Waals surface area contributed by atoms with Crippen LogP contribution in [0, 0.1) is 11.3 Å². The molecule has 0 bridgehead atoms. The Morgan fingerprint density at radius 1 is 1.07 bits per heavy atom. The molecule has 6 rings (SSSR count). The van der Waals surface area contributed by atoms with E-state index in [1.54, 1.807) is 16.6 Å². The molecular weight excluding hydrogens is 582 g/mol. The van der Waals surface area contributed by atoms with Gasteiger partial charge in [0.15, 0.2) is 4.80 Å². The minimum atomic E-state index is -0.689. The van der Waals surface area contributed by atoms with Crippen molar-refractivity contribution in [2.24, 2.45) is 4.99 Å². The summed E-state index contributed by atoms with van der Waals surface area (Å²) in [7, 11) is 1.60. The van der Waals surface area contributed by atoms with Crippen LogP contribution in [0.2, 0.25) is 0 Å². The molecule has 1 amide bonds. The Labute approximate surface area is 265 Å². The predicted octanol–water partition coefficient (Wildman–Crippen LogP) is 4.99. The number of carbonyl (C=O) groups is 1. The highest BCUT2D eigenvalue weighted by molar-refractivity contribution is 7.07. The van der Waals surface area contributed by atoms with Crippen molar-refractivity contribution in [2.45, 2.75) is 33.4 Å². The van der Waals surface area contributed by atoms with Gasteiger partial charge in [0.25, 0.3) is 11.5 Å². The Bertz CT molecular complexity index is 2180. The first-order valence-corrected chi connectivity index (χ1v) is 15.7. The maximum atomic E-state index is 14.3. The average Bonchev–Trinajstić information content (AvgIpc) is 3.57. The van der Waals surface area contributed by atoms with E-state index in [4.69, 9.17) is 9.73 Å². The maximum Gasteiger partial charge on any atom is 0.271 e. The van der Waals surface area contributed by atoms with Crippen LogP contribution in [0.1, 0.15) is 49.1 Å². The van der Waals surface area contributed by atoms with Gasteiger partial charge >= 0.3 is 0 Å². The lowest BCUT2D eigenvalue weighted by atomic mass is 9.94. The van der Waals surface area contributed by atoms with Crippen molar-refractivity contribution in [3.63, 3.8) is 0 Å². The van der Waals surface area contributed by atoms with Gasteiger partial charge in [-0.25, -0.2) is 4.99 Å². The van der Waals surface area contributed by atoms with E-state index in [1.165, 1.54) is 11.3 Å². The number of methoxy groups -OCH3 is 1. The zero-order valence-electron chi connectivity index (χ0n) is 25.7. The summed E-state index contributed by atoms with van der Waals surface area (Å²) in [5, 5.41) is 10.2. The third kappa shape index (κ3) is 5.38. The van der Waals surface area contributed by atoms with Gasteiger partial charge < -0.3 is 14.2 Å². The number of nitrogens with zero attached hydrogens (tertiary/aromatic N) is 5. The molecule has 3 heterocycles. The molecule has 0 saturated carbocycles. The number of nitriles is 1. The molecule has 5 aromatic rings. The van der Waals surface area contributed by atoms with Gasteiger partial charge in [-0.2, -0.15) is 5.26 Å². The first kappa shape index (κ1) is 29.9. The van der Waals surface area contributed by atoms with E-state index >= 15 is 0 Å². The summed E-state index contributed by atoms with van der Waals surface area (Å²) in [5.41, 5.74) is 5.22. The molecule has 0 radical (unpaired) electrons. The highest BCUT2D eigenvalue weighted by Crippen LogP contribution is 2.36. The van der Waals surface area contributed by atoms with Crippen molar-refractivity contribution in [2.75, 3.05) is 20.2 Å². The number of hydrogen-bond acceptors (Lipinski definition) is 6. The van der Waals surface area contributed by atoms with Gasteiger partial charge in [0, 0.05) is 47.9 Å². The van der Waals surface area contributed by atoms with Crippen molar-refractivity contribution in [1.29, 1.82) is 5.26 Å². The van der Waals surface area contributed by atoms with Gasteiger partial charge in [-0.3, -0.25) is 14.2 Å². The number of ether oxygens (including phenoxy) is 1. The Kier molecular flexibility index (Phi) is 8.24. The van der Waals surface area contributed by atoms with Gasteiger partial charge in [0.2, 0.25) is 0 Å². The van der Waals surface area contributed by atoms with Crippen molar-refractivity contribution >= 4 is 34.2 Å². The van der Waals surface area contributed by atoms with Crippen LogP contribution in [0.4, 0.5) is 0 Å². The van der Waals surface area contributed by atoms with E-state index < -0.39 is 6.04 Å². The first-order chi connectivity index (χ1) is 21.9. The largest absolute Gasteiger partial charge is 0.496 e. The number of aromatic nitrogens is 2. The number of benzene rings is 3. The Morgan fingerprint density at radius 2 is 1.78 bits per heavy atom. The molecule has 0 fully saturated rings. The summed E-state index contributed by atoms with van der Waals surface area (Å²) in [6, 6.07) is 24.7. The minimum Gasteiger partial charge on any atom is -0.496 e. The molecular formula is C36H33N5O3S. The molecule has 0 aliphatic carbocycles. The molecule has 1 aliphatic heterocycles. The summed E-state index contributed by atoms with van der Waals surface area (Å²) >= 11 is 1.32. The fourth-order valence-corrected chi connectivity index (χ4v) is 7.04. The molecule has 2 aromatic heterocycles. The number of hydrogen-bond donors (Lipinski definition) is 0. The van der Waals surface area contributed by atoms with E-state index in [0.29, 0.717) is 51.6 Å². The van der Waals surface area contributed by atoms with Crippen LogP contribution in [0.3, 0.4) is 0 Å². The Balaban J connectivity index is 1.52. The number of allylic oxidation sites excluding steroid dienone is 1. The topological polar surface area (TPSA) is 92.6 Å². The van der Waals surface area contributed by atoms with Crippen molar-refractivity contribution in [1.82, 2.24) is 14.0 Å². The lowest BCUT2D eigenvalue weighted by molar-refractivity contribution is -0.127. The van der Waals surface area contributed by atoms with Gasteiger partial charge in [0.05, 0.1) is 34.5 Å². The van der Waals surface area contributed by atoms with Crippen LogP contribution in [0.5, 0.6) is 5.75 Å². The zero-order chi connectivity index (χ0) is 31.7. The fourth-order valence-electron chi connectivity index (χ4n) is 6.01. The molecule has 226 valence electrons. The maximum absolute atomic E-state index is 14.3. The molecule has 9 heteroatoms. The minimum absolute atomic E-state index is 0.141. The fraction of sp³-hybridized carbons (Fsp3) is 0.222. The zero-order valence-corrected chi connectivity index (χ0v) is 26.5. The van der Waals surface area contributed by atoms with Crippen molar-refractivity contribution in [3.05, 3.63) is 132 Å². The van der Waals surface area contributed by atoms with Gasteiger partial charge in [-0.1, -0.05) is 59.9 Å². The number of para-hydroxylation sites is 2. The molecule has 0 saturated heterocycles. The number of fused-ring (bicyclic) bond motifs is 2. The van der Waals surface area contributed by atoms with Crippen LogP contribution in [0.15, 0.2) is 100 Å². The van der Waals surface area contributed by atoms with Gasteiger partial charge in [-0.05, 0) is 56.7 Å². The number of amides is 1. The normalized spacial score (nSPS) is 14.6. The molecule has 0 N–H and O–H groups in total. The van der Waals surface area contributed by atoms with E-state index in [2.05, 4.69) is 29.0 Å². The second-order valence-electron chi connectivity index (χ2n) is 10.8. The lowest BCUT2D eigenvalue weighted by Gasteiger charge is -2.29. The highest BCUT2D eigenvalue weighted by atomic mass is 32.1. The summed E-state index contributed by atoms with van der Waals surface area (Å²) in [4.78, 5) is 35.4. The molecule has 45 heavy (non-hydrogen) atoms. The van der Waals surface area contributed by atoms with Crippen LogP contribution in [0.25, 0.3) is 17.0 Å². The highest BCUT2D eigenvalue weighted by Gasteiger charge is 2.35. The summed E-state index contributed by atoms with van der Waals surface area (Å²) < 4.78 is 10.1. The number of likely N-dealkylation sites (N-methyl/N-ethyl adjacent to an activating group) is 1. The lowest BCUT2D eigenvalue weighted by Crippen LogP contribution is -2.43. The van der Waals surface area contributed by atoms with Crippen molar-refractivity contribution < 1.29 is 9.53 Å². The monoisotopic (exact) mass is 615 g/mol. The molecule has 1 aliphatic rings. The average molecular weight is 616 g/mol. The van der Waals surface area contributed by atoms with E-state index in [1.807, 2.05) is 87.5 Å². The van der Waals surface area contributed by atoms with E-state index in [9.17, 15) is 14.9 Å². The quantitative estimate of drug-likeness (QED) is 0.246. The number of rotatable bonds is 8. The summed E-state index contributed by atoms with van der Waals surface area (Å²) in [6.07, 6.45) is 3.98. The summed E-state index contributed by atoms with van der Waals surface area (Å²) in [6.45, 7) is 7.44. The van der Waals surface area contributed by atoms with E-state index in [0.717, 1.165) is 27.6 Å². The Morgan fingerprint density at radius 3 is 2.49 bits per heavy atom. The molecule has 3 aromatic carbocycles. The van der Waals surface area contributed by atoms with Crippen molar-refractivity contribution in [3.8, 4) is 11.8 Å². The van der Waals surface area contributed by atoms with Crippen LogP contribution in [-0.4, -0.2) is 40.1 Å². The smallest absolute Gasteiger partial charge is 0.271 e. The second-order valence-corrected chi connectivity index (χ2v) is 11.8.